The van der Waals surface area contributed by atoms with Gasteiger partial charge in [-0.15, -0.1) is 11.3 Å². The maximum absolute atomic E-state index is 12.8. The second-order valence-corrected chi connectivity index (χ2v) is 14.4. The Bertz CT molecular complexity index is 1990. The summed E-state index contributed by atoms with van der Waals surface area (Å²) in [6.45, 7) is 7.19. The van der Waals surface area contributed by atoms with E-state index in [0.717, 1.165) is 33.2 Å². The van der Waals surface area contributed by atoms with Crippen molar-refractivity contribution in [1.29, 1.82) is 5.26 Å². The second kappa shape index (κ2) is 10.9. The van der Waals surface area contributed by atoms with Gasteiger partial charge in [-0.25, -0.2) is 13.4 Å². The van der Waals surface area contributed by atoms with E-state index < -0.39 is 20.9 Å². The molecule has 0 unspecified atom stereocenters. The number of aromatic nitrogens is 2. The molecule has 0 aliphatic rings. The molecule has 5 rings (SSSR count). The Balaban J connectivity index is 1.74. The lowest BCUT2D eigenvalue weighted by atomic mass is 9.83. The topological polar surface area (TPSA) is 104 Å². The van der Waals surface area contributed by atoms with Gasteiger partial charge < -0.3 is 5.11 Å². The molecule has 1 N–H and O–H groups in total. The van der Waals surface area contributed by atoms with E-state index in [-0.39, 0.29) is 4.90 Å². The molecule has 42 heavy (non-hydrogen) atoms. The molecule has 212 valence electrons. The van der Waals surface area contributed by atoms with Crippen LogP contribution in [0.5, 0.6) is 0 Å². The number of hydrogen-bond donors (Lipinski definition) is 1. The van der Waals surface area contributed by atoms with Gasteiger partial charge >= 0.3 is 0 Å². The fourth-order valence-corrected chi connectivity index (χ4v) is 6.60. The van der Waals surface area contributed by atoms with Gasteiger partial charge in [-0.3, -0.25) is 4.98 Å². The fourth-order valence-electron chi connectivity index (χ4n) is 4.75. The summed E-state index contributed by atoms with van der Waals surface area (Å²) in [6.07, 6.45) is 6.52. The van der Waals surface area contributed by atoms with Crippen molar-refractivity contribution in [3.8, 4) is 17.2 Å². The second-order valence-electron chi connectivity index (χ2n) is 11.4. The minimum absolute atomic E-state index is 0.203. The minimum atomic E-state index is -3.55. The Labute approximate surface area is 250 Å². The largest absolute Gasteiger partial charge is 0.385 e. The first kappa shape index (κ1) is 29.3. The third-order valence-corrected chi connectivity index (χ3v) is 9.63. The molecule has 0 spiro atoms. The average Bonchev–Trinajstić information content (AvgIpc) is 3.46. The van der Waals surface area contributed by atoms with Crippen LogP contribution in [0.15, 0.2) is 90.1 Å². The van der Waals surface area contributed by atoms with Crippen LogP contribution >= 0.6 is 11.3 Å². The summed E-state index contributed by atoms with van der Waals surface area (Å²) in [5.41, 5.74) is 3.76. The Morgan fingerprint density at radius 1 is 0.976 bits per heavy atom. The number of fused-ring (bicyclic) bond motifs is 1. The fraction of sp³-hybridized carbons (Fsp3) is 0.206. The third-order valence-electron chi connectivity index (χ3n) is 7.13. The number of aliphatic hydroxyl groups is 1. The van der Waals surface area contributed by atoms with Gasteiger partial charge in [0.25, 0.3) is 0 Å². The molecule has 6 nitrogen and oxygen atoms in total. The van der Waals surface area contributed by atoms with Gasteiger partial charge in [0.2, 0.25) is 0 Å². The summed E-state index contributed by atoms with van der Waals surface area (Å²) in [5, 5.41) is 22.0. The molecule has 0 atom stereocenters. The molecule has 0 amide bonds. The first-order valence-electron chi connectivity index (χ1n) is 13.4. The zero-order valence-corrected chi connectivity index (χ0v) is 25.7. The molecule has 0 fully saturated rings. The van der Waals surface area contributed by atoms with Crippen LogP contribution in [0.3, 0.4) is 0 Å². The quantitative estimate of drug-likeness (QED) is 0.198. The van der Waals surface area contributed by atoms with E-state index in [1.807, 2.05) is 68.5 Å². The SMILES string of the molecule is CC(C)(O)c1cnc(/C(=C/c2cccc(-c3cc(C(C)(C)C#N)cc4cccnc34)c2)c2ccccc2S(C)(=O)=O)s1. The van der Waals surface area contributed by atoms with Gasteiger partial charge in [0, 0.05) is 40.7 Å². The van der Waals surface area contributed by atoms with E-state index in [0.29, 0.717) is 21.0 Å². The summed E-state index contributed by atoms with van der Waals surface area (Å²) in [6, 6.07) is 25.1. The molecule has 0 bridgehead atoms. The molecule has 2 aromatic heterocycles. The highest BCUT2D eigenvalue weighted by atomic mass is 32.2. The van der Waals surface area contributed by atoms with E-state index in [4.69, 9.17) is 0 Å². The first-order chi connectivity index (χ1) is 19.8. The summed E-state index contributed by atoms with van der Waals surface area (Å²) in [4.78, 5) is 10.1. The molecular weight excluding hydrogens is 563 g/mol. The van der Waals surface area contributed by atoms with Crippen LogP contribution in [0.2, 0.25) is 0 Å². The van der Waals surface area contributed by atoms with Gasteiger partial charge in [-0.2, -0.15) is 5.26 Å². The van der Waals surface area contributed by atoms with Gasteiger partial charge in [0.05, 0.1) is 32.4 Å². The van der Waals surface area contributed by atoms with Crippen LogP contribution in [0.25, 0.3) is 33.7 Å². The van der Waals surface area contributed by atoms with Crippen LogP contribution in [0.4, 0.5) is 0 Å². The van der Waals surface area contributed by atoms with Crippen molar-refractivity contribution < 1.29 is 13.5 Å². The van der Waals surface area contributed by atoms with Crippen molar-refractivity contribution in [2.24, 2.45) is 0 Å². The van der Waals surface area contributed by atoms with Crippen LogP contribution < -0.4 is 0 Å². The first-order valence-corrected chi connectivity index (χ1v) is 16.1. The van der Waals surface area contributed by atoms with E-state index >= 15 is 0 Å². The minimum Gasteiger partial charge on any atom is -0.385 e. The predicted octanol–water partition coefficient (Wildman–Crippen LogP) is 7.38. The summed E-state index contributed by atoms with van der Waals surface area (Å²) < 4.78 is 25.6. The molecule has 3 aromatic carbocycles. The van der Waals surface area contributed by atoms with Crippen molar-refractivity contribution >= 4 is 43.7 Å². The monoisotopic (exact) mass is 593 g/mol. The molecule has 0 saturated heterocycles. The predicted molar refractivity (Wildman–Crippen MR) is 170 cm³/mol. The highest BCUT2D eigenvalue weighted by Crippen LogP contribution is 2.38. The standard InChI is InChI=1S/C34H31N3O3S2/c1-33(2,21-35)25-18-24-12-9-15-36-31(24)27(19-25)23-11-8-10-22(16-23)17-28(32-37-20-30(41-32)34(3,4)38)26-13-6-7-14-29(26)42(5,39)40/h6-20,38H,1-5H3/b28-17+. The number of benzene rings is 3. The molecule has 5 aromatic rings. The summed E-state index contributed by atoms with van der Waals surface area (Å²) >= 11 is 1.33. The number of rotatable bonds is 7. The number of sulfone groups is 1. The molecule has 0 radical (unpaired) electrons. The van der Waals surface area contributed by atoms with Crippen molar-refractivity contribution in [3.05, 3.63) is 112 Å². The van der Waals surface area contributed by atoms with Gasteiger partial charge in [0.1, 0.15) is 5.01 Å². The van der Waals surface area contributed by atoms with Gasteiger partial charge in [-0.1, -0.05) is 42.5 Å². The number of thiazole rings is 1. The van der Waals surface area contributed by atoms with Crippen LogP contribution in [-0.4, -0.2) is 29.7 Å². The molecule has 0 aliphatic carbocycles. The van der Waals surface area contributed by atoms with E-state index in [1.54, 1.807) is 50.5 Å². The summed E-state index contributed by atoms with van der Waals surface area (Å²) in [7, 11) is -3.55. The maximum atomic E-state index is 12.8. The lowest BCUT2D eigenvalue weighted by molar-refractivity contribution is 0.0823. The molecule has 2 heterocycles. The Morgan fingerprint density at radius 3 is 2.43 bits per heavy atom. The maximum Gasteiger partial charge on any atom is 0.176 e. The summed E-state index contributed by atoms with van der Waals surface area (Å²) in [5.74, 6) is 0. The Morgan fingerprint density at radius 2 is 1.74 bits per heavy atom. The van der Waals surface area contributed by atoms with Crippen LogP contribution in [0.1, 0.15) is 54.3 Å². The Hall–Kier alpha value is -4.16. The van der Waals surface area contributed by atoms with Gasteiger partial charge in [-0.05, 0) is 80.8 Å². The average molecular weight is 594 g/mol. The van der Waals surface area contributed by atoms with E-state index in [2.05, 4.69) is 16.0 Å². The molecule has 0 aliphatic heterocycles. The number of nitriles is 1. The zero-order chi connectivity index (χ0) is 30.3. The number of hydrogen-bond acceptors (Lipinski definition) is 7. The van der Waals surface area contributed by atoms with Crippen LogP contribution in [0, 0.1) is 11.3 Å². The molecule has 0 saturated carbocycles. The third kappa shape index (κ3) is 5.90. The lowest BCUT2D eigenvalue weighted by Gasteiger charge is -2.19. The Kier molecular flexibility index (Phi) is 7.62. The van der Waals surface area contributed by atoms with Gasteiger partial charge in [0.15, 0.2) is 9.84 Å². The number of nitrogens with zero attached hydrogens (tertiary/aromatic N) is 3. The highest BCUT2D eigenvalue weighted by molar-refractivity contribution is 7.90. The van der Waals surface area contributed by atoms with Crippen LogP contribution in [-0.2, 0) is 20.9 Å². The lowest BCUT2D eigenvalue weighted by Crippen LogP contribution is -2.14. The normalized spacial score (nSPS) is 12.8. The van der Waals surface area contributed by atoms with Crippen molar-refractivity contribution in [3.63, 3.8) is 0 Å². The smallest absolute Gasteiger partial charge is 0.176 e. The highest BCUT2D eigenvalue weighted by Gasteiger charge is 2.24. The molecular formula is C34H31N3O3S2. The van der Waals surface area contributed by atoms with E-state index in [1.165, 1.54) is 17.6 Å². The van der Waals surface area contributed by atoms with Crippen molar-refractivity contribution in [1.82, 2.24) is 9.97 Å². The zero-order valence-electron chi connectivity index (χ0n) is 24.1. The van der Waals surface area contributed by atoms with E-state index in [9.17, 15) is 18.8 Å². The number of pyridine rings is 1. The molecule has 8 heteroatoms. The van der Waals surface area contributed by atoms with Crippen molar-refractivity contribution in [2.75, 3.05) is 6.26 Å². The van der Waals surface area contributed by atoms with Crippen molar-refractivity contribution in [2.45, 2.75) is 43.6 Å².